The molecular weight excluding hydrogens is 490 g/mol. The van der Waals surface area contributed by atoms with Crippen molar-refractivity contribution in [2.75, 3.05) is 29.5 Å². The normalized spacial score (nSPS) is 12.0. The molecule has 4 aromatic rings. The third kappa shape index (κ3) is 6.50. The van der Waals surface area contributed by atoms with Gasteiger partial charge in [-0.15, -0.1) is 11.3 Å². The van der Waals surface area contributed by atoms with Crippen LogP contribution in [0.5, 0.6) is 0 Å². The summed E-state index contributed by atoms with van der Waals surface area (Å²) in [6.45, 7) is 1.49. The topological polar surface area (TPSA) is 150 Å². The largest absolute Gasteiger partial charge is 0.394 e. The average Bonchev–Trinajstić information content (AvgIpc) is 3.33. The van der Waals surface area contributed by atoms with Crippen molar-refractivity contribution in [2.45, 2.75) is 13.0 Å². The van der Waals surface area contributed by atoms with Gasteiger partial charge in [0.05, 0.1) is 12.7 Å². The SMILES string of the molecule is Cc1cccc(NC(=O)Nc2ccc(-c3csc4c(C=CC(=O)NCC(O)CO)cnc(N)c34)cc2)c1. The zero-order valence-electron chi connectivity index (χ0n) is 20.1. The zero-order valence-corrected chi connectivity index (χ0v) is 20.9. The van der Waals surface area contributed by atoms with E-state index in [0.29, 0.717) is 17.2 Å². The fourth-order valence-electron chi connectivity index (χ4n) is 3.67. The van der Waals surface area contributed by atoms with Gasteiger partial charge in [-0.1, -0.05) is 24.3 Å². The van der Waals surface area contributed by atoms with Gasteiger partial charge in [-0.2, -0.15) is 0 Å². The number of carbonyl (C=O) groups excluding carboxylic acids is 2. The molecule has 1 atom stereocenters. The lowest BCUT2D eigenvalue weighted by molar-refractivity contribution is -0.117. The Labute approximate surface area is 217 Å². The first kappa shape index (κ1) is 25.8. The second-order valence-corrected chi connectivity index (χ2v) is 9.27. The summed E-state index contributed by atoms with van der Waals surface area (Å²) in [7, 11) is 0. The molecule has 4 rings (SSSR count). The summed E-state index contributed by atoms with van der Waals surface area (Å²) < 4.78 is 0.877. The lowest BCUT2D eigenvalue weighted by Gasteiger charge is -2.09. The molecule has 0 aliphatic heterocycles. The molecule has 0 saturated heterocycles. The van der Waals surface area contributed by atoms with Crippen LogP contribution in [-0.2, 0) is 4.79 Å². The first-order chi connectivity index (χ1) is 17.8. The van der Waals surface area contributed by atoms with Gasteiger partial charge in [0.2, 0.25) is 5.91 Å². The lowest BCUT2D eigenvalue weighted by Crippen LogP contribution is -2.32. The van der Waals surface area contributed by atoms with E-state index in [0.717, 1.165) is 32.3 Å². The van der Waals surface area contributed by atoms with Crippen LogP contribution < -0.4 is 21.7 Å². The van der Waals surface area contributed by atoms with Crippen molar-refractivity contribution in [3.8, 4) is 11.1 Å². The number of hydrogen-bond acceptors (Lipinski definition) is 7. The van der Waals surface area contributed by atoms with E-state index in [4.69, 9.17) is 10.8 Å². The van der Waals surface area contributed by atoms with Crippen molar-refractivity contribution >= 4 is 56.6 Å². The van der Waals surface area contributed by atoms with Gasteiger partial charge in [0, 0.05) is 51.4 Å². The molecule has 37 heavy (non-hydrogen) atoms. The summed E-state index contributed by atoms with van der Waals surface area (Å²) in [5.41, 5.74) is 11.1. The van der Waals surface area contributed by atoms with Gasteiger partial charge < -0.3 is 31.9 Å². The number of anilines is 3. The number of hydrogen-bond donors (Lipinski definition) is 6. The van der Waals surface area contributed by atoms with E-state index in [1.807, 2.05) is 60.8 Å². The molecule has 7 N–H and O–H groups in total. The maximum absolute atomic E-state index is 12.4. The van der Waals surface area contributed by atoms with Crippen LogP contribution in [-0.4, -0.2) is 46.4 Å². The number of thiophene rings is 1. The monoisotopic (exact) mass is 517 g/mol. The number of aliphatic hydroxyl groups excluding tert-OH is 2. The standard InChI is InChI=1S/C27H27N5O4S/c1-16-3-2-4-20(11-16)32-27(36)31-19-8-5-17(6-9-19)22-15-37-25-18(12-30-26(28)24(22)25)7-10-23(35)29-13-21(34)14-33/h2-12,15,21,33-34H,13-14H2,1H3,(H2,28,30)(H,29,35)(H2,31,32,36). The Bertz CT molecular complexity index is 1450. The third-order valence-corrected chi connectivity index (χ3v) is 6.55. The molecule has 0 spiro atoms. The molecular formula is C27H27N5O4S. The molecule has 0 fully saturated rings. The first-order valence-corrected chi connectivity index (χ1v) is 12.4. The van der Waals surface area contributed by atoms with E-state index in [-0.39, 0.29) is 12.6 Å². The second-order valence-electron chi connectivity index (χ2n) is 8.39. The molecule has 0 saturated carbocycles. The zero-order chi connectivity index (χ0) is 26.4. The quantitative estimate of drug-likeness (QED) is 0.195. The summed E-state index contributed by atoms with van der Waals surface area (Å²) >= 11 is 1.48. The Morgan fingerprint density at radius 3 is 2.62 bits per heavy atom. The van der Waals surface area contributed by atoms with E-state index in [1.54, 1.807) is 12.3 Å². The molecule has 0 radical (unpaired) electrons. The van der Waals surface area contributed by atoms with E-state index < -0.39 is 18.6 Å². The highest BCUT2D eigenvalue weighted by Crippen LogP contribution is 2.39. The molecule has 1 unspecified atom stereocenters. The smallest absolute Gasteiger partial charge is 0.323 e. The number of aryl methyl sites for hydroxylation is 1. The summed E-state index contributed by atoms with van der Waals surface area (Å²) in [6, 6.07) is 14.6. The molecule has 0 aliphatic rings. The number of nitrogens with one attached hydrogen (secondary N) is 3. The fourth-order valence-corrected chi connectivity index (χ4v) is 4.75. The summed E-state index contributed by atoms with van der Waals surface area (Å²) in [4.78, 5) is 28.7. The van der Waals surface area contributed by atoms with E-state index in [9.17, 15) is 14.7 Å². The highest BCUT2D eigenvalue weighted by atomic mass is 32.1. The van der Waals surface area contributed by atoms with Crippen LogP contribution >= 0.6 is 11.3 Å². The number of fused-ring (bicyclic) bond motifs is 1. The third-order valence-electron chi connectivity index (χ3n) is 5.52. The molecule has 10 heteroatoms. The first-order valence-electron chi connectivity index (χ1n) is 11.5. The van der Waals surface area contributed by atoms with Crippen molar-refractivity contribution in [2.24, 2.45) is 0 Å². The number of nitrogen functional groups attached to an aromatic ring is 1. The van der Waals surface area contributed by atoms with Crippen LogP contribution in [0.1, 0.15) is 11.1 Å². The predicted octanol–water partition coefficient (Wildman–Crippen LogP) is 3.98. The molecule has 3 amide bonds. The van der Waals surface area contributed by atoms with E-state index in [1.165, 1.54) is 17.4 Å². The number of rotatable bonds is 8. The molecule has 2 aromatic carbocycles. The highest BCUT2D eigenvalue weighted by molar-refractivity contribution is 7.18. The van der Waals surface area contributed by atoms with E-state index >= 15 is 0 Å². The van der Waals surface area contributed by atoms with Crippen LogP contribution in [0.3, 0.4) is 0 Å². The Morgan fingerprint density at radius 1 is 1.14 bits per heavy atom. The van der Waals surface area contributed by atoms with Crippen LogP contribution in [0, 0.1) is 6.92 Å². The van der Waals surface area contributed by atoms with Crippen molar-refractivity contribution in [3.05, 3.63) is 77.3 Å². The Morgan fingerprint density at radius 2 is 1.89 bits per heavy atom. The van der Waals surface area contributed by atoms with Crippen LogP contribution in [0.2, 0.25) is 0 Å². The number of carbonyl (C=O) groups is 2. The van der Waals surface area contributed by atoms with E-state index in [2.05, 4.69) is 20.9 Å². The van der Waals surface area contributed by atoms with Gasteiger partial charge in [-0.3, -0.25) is 4.79 Å². The highest BCUT2D eigenvalue weighted by Gasteiger charge is 2.14. The minimum Gasteiger partial charge on any atom is -0.394 e. The summed E-state index contributed by atoms with van der Waals surface area (Å²) in [5, 5.41) is 29.1. The lowest BCUT2D eigenvalue weighted by atomic mass is 10.0. The second kappa shape index (κ2) is 11.7. The predicted molar refractivity (Wildman–Crippen MR) is 148 cm³/mol. The van der Waals surface area contributed by atoms with Crippen molar-refractivity contribution < 1.29 is 19.8 Å². The van der Waals surface area contributed by atoms with Gasteiger partial charge in [0.25, 0.3) is 0 Å². The molecule has 0 bridgehead atoms. The number of urea groups is 1. The van der Waals surface area contributed by atoms with Gasteiger partial charge in [0.15, 0.2) is 0 Å². The number of nitrogens with two attached hydrogens (primary N) is 1. The van der Waals surface area contributed by atoms with Crippen LogP contribution in [0.25, 0.3) is 27.3 Å². The molecule has 2 aromatic heterocycles. The maximum atomic E-state index is 12.4. The van der Waals surface area contributed by atoms with Crippen molar-refractivity contribution in [1.29, 1.82) is 0 Å². The van der Waals surface area contributed by atoms with Crippen molar-refractivity contribution in [1.82, 2.24) is 10.3 Å². The fraction of sp³-hybridized carbons (Fsp3) is 0.148. The number of amides is 3. The average molecular weight is 518 g/mol. The molecule has 9 nitrogen and oxygen atoms in total. The number of pyridine rings is 1. The van der Waals surface area contributed by atoms with Gasteiger partial charge >= 0.3 is 6.03 Å². The number of aromatic nitrogens is 1. The van der Waals surface area contributed by atoms with Gasteiger partial charge in [-0.25, -0.2) is 9.78 Å². The summed E-state index contributed by atoms with van der Waals surface area (Å²) in [6.07, 6.45) is 3.57. The van der Waals surface area contributed by atoms with Gasteiger partial charge in [-0.05, 0) is 53.8 Å². The van der Waals surface area contributed by atoms with Crippen LogP contribution in [0.4, 0.5) is 22.0 Å². The Hall–Kier alpha value is -4.25. The van der Waals surface area contributed by atoms with Crippen molar-refractivity contribution in [3.63, 3.8) is 0 Å². The molecule has 190 valence electrons. The number of aliphatic hydroxyl groups is 2. The number of nitrogens with zero attached hydrogens (tertiary/aromatic N) is 1. The minimum atomic E-state index is -1.01. The molecule has 0 aliphatic carbocycles. The van der Waals surface area contributed by atoms with Gasteiger partial charge in [0.1, 0.15) is 5.82 Å². The number of benzene rings is 2. The van der Waals surface area contributed by atoms with Crippen LogP contribution in [0.15, 0.2) is 66.2 Å². The maximum Gasteiger partial charge on any atom is 0.323 e. The Balaban J connectivity index is 1.49. The molecule has 2 heterocycles. The minimum absolute atomic E-state index is 0.0450. The summed E-state index contributed by atoms with van der Waals surface area (Å²) in [5.74, 6) is -0.0255. The Kier molecular flexibility index (Phi) is 8.14.